The van der Waals surface area contributed by atoms with E-state index < -0.39 is 22.1 Å². The maximum Gasteiger partial charge on any atom is 0.255 e. The summed E-state index contributed by atoms with van der Waals surface area (Å²) in [4.78, 5) is 47.2. The molecule has 2 aliphatic rings. The van der Waals surface area contributed by atoms with E-state index in [1.165, 1.54) is 12.4 Å². The van der Waals surface area contributed by atoms with Crippen LogP contribution in [0.25, 0.3) is 10.8 Å². The van der Waals surface area contributed by atoms with E-state index in [4.69, 9.17) is 4.74 Å². The van der Waals surface area contributed by atoms with Gasteiger partial charge in [-0.15, -0.1) is 0 Å². The summed E-state index contributed by atoms with van der Waals surface area (Å²) in [6.45, 7) is 0.739. The number of nitrogens with zero attached hydrogens (tertiary/aromatic N) is 3. The van der Waals surface area contributed by atoms with Crippen LogP contribution in [0.2, 0.25) is 0 Å². The molecule has 12 heteroatoms. The Morgan fingerprint density at radius 1 is 1.07 bits per heavy atom. The molecule has 5 rings (SSSR count). The predicted octanol–water partition coefficient (Wildman–Crippen LogP) is 2.12. The standard InChI is InChI=1S/C31H37N5O6S/c1-35-12-6-5-9-28(34-43(2,40)41)31(39)36-19-25(16-26(36)20-42-27-15-24(30(35)38)17-32-18-27)33-29(37)14-21-10-11-22-7-3-4-8-23(22)13-21/h3-4,7-8,10-11,13,15,17-18,25-26,28,34H,5-6,9,12,14,16,19-20H2,1-2H3,(H,33,37)/t25-,26-,28-/m0/s1. The van der Waals surface area contributed by atoms with Crippen LogP contribution in [-0.2, 0) is 26.0 Å². The molecule has 1 fully saturated rings. The van der Waals surface area contributed by atoms with E-state index in [2.05, 4.69) is 15.0 Å². The van der Waals surface area contributed by atoms with Gasteiger partial charge in [-0.25, -0.2) is 13.1 Å². The highest BCUT2D eigenvalue weighted by molar-refractivity contribution is 7.88. The Labute approximate surface area is 251 Å². The fourth-order valence-corrected chi connectivity index (χ4v) is 6.52. The van der Waals surface area contributed by atoms with Crippen LogP contribution in [0.15, 0.2) is 60.9 Å². The number of hydrogen-bond donors (Lipinski definition) is 2. The van der Waals surface area contributed by atoms with Gasteiger partial charge in [-0.2, -0.15) is 0 Å². The van der Waals surface area contributed by atoms with E-state index >= 15 is 0 Å². The van der Waals surface area contributed by atoms with Crippen molar-refractivity contribution >= 4 is 38.5 Å². The lowest BCUT2D eigenvalue weighted by molar-refractivity contribution is -0.134. The first kappa shape index (κ1) is 30.4. The normalized spacial score (nSPS) is 22.0. The molecular weight excluding hydrogens is 570 g/mol. The van der Waals surface area contributed by atoms with Crippen LogP contribution in [0, 0.1) is 0 Å². The molecule has 3 amide bonds. The molecule has 0 spiro atoms. The third-order valence-corrected chi connectivity index (χ3v) is 8.59. The highest BCUT2D eigenvalue weighted by Crippen LogP contribution is 2.24. The topological polar surface area (TPSA) is 138 Å². The van der Waals surface area contributed by atoms with E-state index in [0.717, 1.165) is 22.6 Å². The van der Waals surface area contributed by atoms with E-state index in [1.54, 1.807) is 22.9 Å². The molecule has 0 unspecified atom stereocenters. The molecule has 0 saturated carbocycles. The molecular formula is C31H37N5O6S. The minimum atomic E-state index is -3.68. The molecule has 1 saturated heterocycles. The summed E-state index contributed by atoms with van der Waals surface area (Å²) in [6.07, 6.45) is 6.02. The highest BCUT2D eigenvalue weighted by atomic mass is 32.2. The molecule has 2 N–H and O–H groups in total. The van der Waals surface area contributed by atoms with Crippen molar-refractivity contribution in [2.24, 2.45) is 0 Å². The Bertz CT molecular complexity index is 1610. The molecule has 228 valence electrons. The fourth-order valence-electron chi connectivity index (χ4n) is 5.78. The van der Waals surface area contributed by atoms with Gasteiger partial charge in [0.1, 0.15) is 18.4 Å². The minimum absolute atomic E-state index is 0.0868. The van der Waals surface area contributed by atoms with Crippen molar-refractivity contribution in [1.82, 2.24) is 24.8 Å². The third kappa shape index (κ3) is 7.88. The Hall–Kier alpha value is -4.03. The van der Waals surface area contributed by atoms with Crippen molar-refractivity contribution in [3.8, 4) is 5.75 Å². The Morgan fingerprint density at radius 3 is 2.65 bits per heavy atom. The number of hydrogen-bond acceptors (Lipinski definition) is 7. The highest BCUT2D eigenvalue weighted by Gasteiger charge is 2.39. The maximum atomic E-state index is 13.8. The average molecular weight is 608 g/mol. The Morgan fingerprint density at radius 2 is 1.86 bits per heavy atom. The molecule has 2 aliphatic heterocycles. The van der Waals surface area contributed by atoms with Gasteiger partial charge in [0.05, 0.1) is 30.5 Å². The van der Waals surface area contributed by atoms with E-state index in [0.29, 0.717) is 37.1 Å². The fraction of sp³-hybridized carbons (Fsp3) is 0.419. The van der Waals surface area contributed by atoms with Crippen molar-refractivity contribution in [2.45, 2.75) is 50.2 Å². The summed E-state index contributed by atoms with van der Waals surface area (Å²) in [5.41, 5.74) is 1.28. The van der Waals surface area contributed by atoms with E-state index in [-0.39, 0.29) is 49.8 Å². The number of sulfonamides is 1. The van der Waals surface area contributed by atoms with E-state index in [9.17, 15) is 22.8 Å². The second-order valence-corrected chi connectivity index (χ2v) is 13.2. The predicted molar refractivity (Wildman–Crippen MR) is 162 cm³/mol. The van der Waals surface area contributed by atoms with Crippen LogP contribution in [-0.4, -0.2) is 92.0 Å². The lowest BCUT2D eigenvalue weighted by Crippen LogP contribution is -2.51. The molecule has 2 bridgehead atoms. The quantitative estimate of drug-likeness (QED) is 0.453. The summed E-state index contributed by atoms with van der Waals surface area (Å²) < 4.78 is 32.9. The molecule has 0 aliphatic carbocycles. The summed E-state index contributed by atoms with van der Waals surface area (Å²) in [6, 6.07) is 13.7. The molecule has 11 nitrogen and oxygen atoms in total. The first-order valence-corrected chi connectivity index (χ1v) is 16.3. The molecule has 0 radical (unpaired) electrons. The van der Waals surface area contributed by atoms with Crippen LogP contribution in [0.3, 0.4) is 0 Å². The number of rotatable bonds is 5. The molecule has 3 aromatic rings. The second-order valence-electron chi connectivity index (χ2n) is 11.4. The first-order chi connectivity index (χ1) is 20.6. The van der Waals surface area contributed by atoms with Crippen molar-refractivity contribution in [3.63, 3.8) is 0 Å². The van der Waals surface area contributed by atoms with Crippen LogP contribution in [0.4, 0.5) is 0 Å². The molecule has 1 aromatic heterocycles. The number of benzene rings is 2. The van der Waals surface area contributed by atoms with Gasteiger partial charge in [-0.05, 0) is 48.1 Å². The molecule has 3 heterocycles. The lowest BCUT2D eigenvalue weighted by atomic mass is 10.0. The number of carbonyl (C=O) groups excluding carboxylic acids is 3. The number of aromatic nitrogens is 1. The summed E-state index contributed by atoms with van der Waals surface area (Å²) >= 11 is 0. The van der Waals surface area contributed by atoms with Gasteiger partial charge in [-0.1, -0.05) is 42.5 Å². The number of pyridine rings is 1. The SMILES string of the molecule is CN1CCCC[C@H](NS(C)(=O)=O)C(=O)N2C[C@@H](NC(=O)Cc3ccc4ccccc4c3)C[C@H]2COc2cncc(c2)C1=O. The maximum absolute atomic E-state index is 13.8. The summed E-state index contributed by atoms with van der Waals surface area (Å²) in [7, 11) is -1.99. The monoisotopic (exact) mass is 607 g/mol. The first-order valence-electron chi connectivity index (χ1n) is 14.4. The van der Waals surface area contributed by atoms with Gasteiger partial charge in [-0.3, -0.25) is 19.4 Å². The van der Waals surface area contributed by atoms with Crippen molar-refractivity contribution < 1.29 is 27.5 Å². The van der Waals surface area contributed by atoms with E-state index in [1.807, 2.05) is 42.5 Å². The summed E-state index contributed by atoms with van der Waals surface area (Å²) in [5.74, 6) is -0.347. The largest absolute Gasteiger partial charge is 0.490 e. The zero-order valence-electron chi connectivity index (χ0n) is 24.4. The van der Waals surface area contributed by atoms with Gasteiger partial charge in [0, 0.05) is 32.4 Å². The minimum Gasteiger partial charge on any atom is -0.490 e. The van der Waals surface area contributed by atoms with Crippen LogP contribution >= 0.6 is 0 Å². The smallest absolute Gasteiger partial charge is 0.255 e. The number of fused-ring (bicyclic) bond motifs is 4. The second kappa shape index (κ2) is 13.1. The van der Waals surface area contributed by atoms with Crippen molar-refractivity contribution in [3.05, 3.63) is 72.1 Å². The van der Waals surface area contributed by atoms with Crippen LogP contribution in [0.1, 0.15) is 41.6 Å². The number of nitrogens with one attached hydrogen (secondary N) is 2. The van der Waals surface area contributed by atoms with Gasteiger partial charge < -0.3 is 19.9 Å². The Kier molecular flexibility index (Phi) is 9.26. The zero-order valence-corrected chi connectivity index (χ0v) is 25.2. The number of ether oxygens (including phenoxy) is 1. The molecule has 2 aromatic carbocycles. The van der Waals surface area contributed by atoms with Crippen molar-refractivity contribution in [2.75, 3.05) is 33.0 Å². The molecule has 43 heavy (non-hydrogen) atoms. The van der Waals surface area contributed by atoms with Gasteiger partial charge in [0.15, 0.2) is 0 Å². The number of amides is 3. The summed E-state index contributed by atoms with van der Waals surface area (Å²) in [5, 5.41) is 5.22. The van der Waals surface area contributed by atoms with Gasteiger partial charge in [0.25, 0.3) is 5.91 Å². The third-order valence-electron chi connectivity index (χ3n) is 7.88. The zero-order chi connectivity index (χ0) is 30.6. The average Bonchev–Trinajstić information content (AvgIpc) is 3.37. The Balaban J connectivity index is 1.34. The lowest BCUT2D eigenvalue weighted by Gasteiger charge is -2.29. The van der Waals surface area contributed by atoms with Crippen molar-refractivity contribution in [1.29, 1.82) is 0 Å². The molecule has 3 atom stereocenters. The number of carbonyl (C=O) groups is 3. The van der Waals surface area contributed by atoms with Crippen LogP contribution in [0.5, 0.6) is 5.75 Å². The van der Waals surface area contributed by atoms with Gasteiger partial charge in [0.2, 0.25) is 21.8 Å². The van der Waals surface area contributed by atoms with Gasteiger partial charge >= 0.3 is 0 Å². The van der Waals surface area contributed by atoms with Crippen LogP contribution < -0.4 is 14.8 Å².